The highest BCUT2D eigenvalue weighted by molar-refractivity contribution is 4.87. The molecule has 0 radical (unpaired) electrons. The van der Waals surface area contributed by atoms with Crippen LogP contribution >= 0.6 is 0 Å². The molecule has 1 aromatic heterocycles. The van der Waals surface area contributed by atoms with Gasteiger partial charge >= 0.3 is 0 Å². The molecule has 0 amide bonds. The van der Waals surface area contributed by atoms with Crippen molar-refractivity contribution in [2.45, 2.75) is 25.4 Å². The van der Waals surface area contributed by atoms with Crippen molar-refractivity contribution in [1.29, 1.82) is 0 Å². The standard InChI is InChI=1S/C12H22N4O/c1-17-9-8-16-6-2-11(3-7-16)15-10-12-13-4-5-14-12/h4-5,11,15H,2-3,6-10H2,1H3,(H,13,14). The van der Waals surface area contributed by atoms with E-state index in [0.717, 1.165) is 25.5 Å². The summed E-state index contributed by atoms with van der Waals surface area (Å²) < 4.78 is 5.10. The molecule has 1 aliphatic rings. The second kappa shape index (κ2) is 6.74. The van der Waals surface area contributed by atoms with Crippen LogP contribution in [-0.4, -0.2) is 54.3 Å². The number of rotatable bonds is 6. The third-order valence-corrected chi connectivity index (χ3v) is 3.31. The van der Waals surface area contributed by atoms with E-state index >= 15 is 0 Å². The van der Waals surface area contributed by atoms with Crippen molar-refractivity contribution in [2.24, 2.45) is 0 Å². The smallest absolute Gasteiger partial charge is 0.120 e. The molecular weight excluding hydrogens is 216 g/mol. The Balaban J connectivity index is 1.62. The molecule has 2 N–H and O–H groups in total. The minimum Gasteiger partial charge on any atom is -0.383 e. The molecule has 1 fully saturated rings. The predicted octanol–water partition coefficient (Wildman–Crippen LogP) is 0.610. The maximum Gasteiger partial charge on any atom is 0.120 e. The summed E-state index contributed by atoms with van der Waals surface area (Å²) in [6.07, 6.45) is 6.09. The van der Waals surface area contributed by atoms with Crippen LogP contribution in [0.25, 0.3) is 0 Å². The van der Waals surface area contributed by atoms with Gasteiger partial charge < -0.3 is 19.9 Å². The number of imidazole rings is 1. The Morgan fingerprint density at radius 2 is 2.35 bits per heavy atom. The monoisotopic (exact) mass is 238 g/mol. The van der Waals surface area contributed by atoms with Gasteiger partial charge in [-0.2, -0.15) is 0 Å². The van der Waals surface area contributed by atoms with Crippen LogP contribution in [0.15, 0.2) is 12.4 Å². The first-order valence-electron chi connectivity index (χ1n) is 6.31. The zero-order valence-electron chi connectivity index (χ0n) is 10.5. The van der Waals surface area contributed by atoms with E-state index in [1.807, 2.05) is 6.20 Å². The highest BCUT2D eigenvalue weighted by Crippen LogP contribution is 2.10. The lowest BCUT2D eigenvalue weighted by Gasteiger charge is -2.32. The molecule has 0 aromatic carbocycles. The van der Waals surface area contributed by atoms with Crippen LogP contribution in [0.2, 0.25) is 0 Å². The number of H-pyrrole nitrogens is 1. The van der Waals surface area contributed by atoms with Gasteiger partial charge in [0.2, 0.25) is 0 Å². The van der Waals surface area contributed by atoms with E-state index in [0.29, 0.717) is 6.04 Å². The van der Waals surface area contributed by atoms with E-state index in [4.69, 9.17) is 4.74 Å². The van der Waals surface area contributed by atoms with Gasteiger partial charge in [0.25, 0.3) is 0 Å². The largest absolute Gasteiger partial charge is 0.383 e. The lowest BCUT2D eigenvalue weighted by Crippen LogP contribution is -2.43. The fourth-order valence-corrected chi connectivity index (χ4v) is 2.22. The molecule has 17 heavy (non-hydrogen) atoms. The Kier molecular flexibility index (Phi) is 4.97. The quantitative estimate of drug-likeness (QED) is 0.762. The molecule has 1 saturated heterocycles. The lowest BCUT2D eigenvalue weighted by atomic mass is 10.1. The summed E-state index contributed by atoms with van der Waals surface area (Å²) >= 11 is 0. The Labute approximate surface area is 103 Å². The van der Waals surface area contributed by atoms with E-state index in [1.165, 1.54) is 25.9 Å². The van der Waals surface area contributed by atoms with Crippen LogP contribution in [0.1, 0.15) is 18.7 Å². The van der Waals surface area contributed by atoms with E-state index in [-0.39, 0.29) is 0 Å². The van der Waals surface area contributed by atoms with Crippen molar-refractivity contribution in [3.63, 3.8) is 0 Å². The fourth-order valence-electron chi connectivity index (χ4n) is 2.22. The number of likely N-dealkylation sites (tertiary alicyclic amines) is 1. The lowest BCUT2D eigenvalue weighted by molar-refractivity contribution is 0.126. The van der Waals surface area contributed by atoms with E-state index in [9.17, 15) is 0 Å². The zero-order chi connectivity index (χ0) is 11.9. The van der Waals surface area contributed by atoms with Crippen LogP contribution in [0.4, 0.5) is 0 Å². The highest BCUT2D eigenvalue weighted by atomic mass is 16.5. The SMILES string of the molecule is COCCN1CCC(NCc2ncc[nH]2)CC1. The van der Waals surface area contributed by atoms with Gasteiger partial charge in [0.15, 0.2) is 0 Å². The van der Waals surface area contributed by atoms with E-state index < -0.39 is 0 Å². The fraction of sp³-hybridized carbons (Fsp3) is 0.750. The maximum atomic E-state index is 5.10. The van der Waals surface area contributed by atoms with Crippen LogP contribution < -0.4 is 5.32 Å². The number of ether oxygens (including phenoxy) is 1. The summed E-state index contributed by atoms with van der Waals surface area (Å²) in [4.78, 5) is 9.79. The molecule has 1 aromatic rings. The number of piperidine rings is 1. The normalized spacial score (nSPS) is 18.6. The second-order valence-electron chi connectivity index (χ2n) is 4.53. The first-order chi connectivity index (χ1) is 8.38. The second-order valence-corrected chi connectivity index (χ2v) is 4.53. The average Bonchev–Trinajstić information content (AvgIpc) is 2.88. The Morgan fingerprint density at radius 1 is 1.53 bits per heavy atom. The van der Waals surface area contributed by atoms with Crippen LogP contribution in [-0.2, 0) is 11.3 Å². The molecule has 1 aliphatic heterocycles. The molecular formula is C12H22N4O. The molecule has 0 atom stereocenters. The molecule has 5 nitrogen and oxygen atoms in total. The van der Waals surface area contributed by atoms with Crippen LogP contribution in [0, 0.1) is 0 Å². The molecule has 0 spiro atoms. The maximum absolute atomic E-state index is 5.10. The van der Waals surface area contributed by atoms with Gasteiger partial charge in [-0.1, -0.05) is 0 Å². The predicted molar refractivity (Wildman–Crippen MR) is 66.8 cm³/mol. The van der Waals surface area contributed by atoms with Crippen LogP contribution in [0.3, 0.4) is 0 Å². The van der Waals surface area contributed by atoms with Gasteiger partial charge in [0, 0.05) is 32.1 Å². The first kappa shape index (κ1) is 12.5. The number of methoxy groups -OCH3 is 1. The van der Waals surface area contributed by atoms with Crippen molar-refractivity contribution in [2.75, 3.05) is 33.4 Å². The summed E-state index contributed by atoms with van der Waals surface area (Å²) in [5, 5.41) is 3.55. The Morgan fingerprint density at radius 3 is 3.00 bits per heavy atom. The number of hydrogen-bond donors (Lipinski definition) is 2. The number of nitrogens with zero attached hydrogens (tertiary/aromatic N) is 2. The average molecular weight is 238 g/mol. The molecule has 0 unspecified atom stereocenters. The zero-order valence-corrected chi connectivity index (χ0v) is 10.5. The summed E-state index contributed by atoms with van der Waals surface area (Å²) in [5.74, 6) is 1.02. The van der Waals surface area contributed by atoms with Gasteiger partial charge in [0.05, 0.1) is 13.2 Å². The van der Waals surface area contributed by atoms with Crippen molar-refractivity contribution in [3.8, 4) is 0 Å². The first-order valence-corrected chi connectivity index (χ1v) is 6.31. The van der Waals surface area contributed by atoms with Gasteiger partial charge in [-0.25, -0.2) is 4.98 Å². The highest BCUT2D eigenvalue weighted by Gasteiger charge is 2.18. The van der Waals surface area contributed by atoms with Gasteiger partial charge in [0.1, 0.15) is 5.82 Å². The van der Waals surface area contributed by atoms with Gasteiger partial charge in [-0.05, 0) is 25.9 Å². The summed E-state index contributed by atoms with van der Waals surface area (Å²) in [6.45, 7) is 5.07. The molecule has 0 saturated carbocycles. The van der Waals surface area contributed by atoms with Crippen molar-refractivity contribution >= 4 is 0 Å². The summed E-state index contributed by atoms with van der Waals surface area (Å²) in [6, 6.07) is 0.624. The molecule has 0 aliphatic carbocycles. The van der Waals surface area contributed by atoms with E-state index in [1.54, 1.807) is 13.3 Å². The molecule has 5 heteroatoms. The van der Waals surface area contributed by atoms with Gasteiger partial charge in [-0.15, -0.1) is 0 Å². The van der Waals surface area contributed by atoms with Crippen molar-refractivity contribution in [3.05, 3.63) is 18.2 Å². The topological polar surface area (TPSA) is 53.2 Å². The number of aromatic amines is 1. The molecule has 0 bridgehead atoms. The molecule has 2 heterocycles. The minimum absolute atomic E-state index is 0.624. The number of aromatic nitrogens is 2. The van der Waals surface area contributed by atoms with Crippen molar-refractivity contribution in [1.82, 2.24) is 20.2 Å². The molecule has 96 valence electrons. The van der Waals surface area contributed by atoms with Crippen molar-refractivity contribution < 1.29 is 4.74 Å². The third kappa shape index (κ3) is 4.11. The third-order valence-electron chi connectivity index (χ3n) is 3.31. The van der Waals surface area contributed by atoms with Gasteiger partial charge in [-0.3, -0.25) is 0 Å². The molecule has 2 rings (SSSR count). The van der Waals surface area contributed by atoms with Crippen LogP contribution in [0.5, 0.6) is 0 Å². The number of nitrogens with one attached hydrogen (secondary N) is 2. The van der Waals surface area contributed by atoms with E-state index in [2.05, 4.69) is 20.2 Å². The Bertz CT molecular complexity index is 293. The number of hydrogen-bond acceptors (Lipinski definition) is 4. The minimum atomic E-state index is 0.624. The summed E-state index contributed by atoms with van der Waals surface area (Å²) in [5.41, 5.74) is 0. The Hall–Kier alpha value is -0.910. The summed E-state index contributed by atoms with van der Waals surface area (Å²) in [7, 11) is 1.76.